The highest BCUT2D eigenvalue weighted by atomic mass is 15.4. The van der Waals surface area contributed by atoms with Crippen LogP contribution in [0.2, 0.25) is 0 Å². The average molecular weight is 331 g/mol. The van der Waals surface area contributed by atoms with Crippen molar-refractivity contribution in [3.63, 3.8) is 0 Å². The summed E-state index contributed by atoms with van der Waals surface area (Å²) in [5.74, 6) is 3.17. The van der Waals surface area contributed by atoms with Gasteiger partial charge in [-0.3, -0.25) is 9.89 Å². The van der Waals surface area contributed by atoms with Crippen LogP contribution in [0.25, 0.3) is 0 Å². The molecule has 4 rings (SSSR count). The fourth-order valence-corrected chi connectivity index (χ4v) is 4.35. The first-order valence-electron chi connectivity index (χ1n) is 9.46. The van der Waals surface area contributed by atoms with Gasteiger partial charge in [-0.1, -0.05) is 6.42 Å². The summed E-state index contributed by atoms with van der Waals surface area (Å²) < 4.78 is 2.25. The SMILES string of the molecule is CN=C(NCc1nnc2n1CCC2)N1CCC(N2CCCCC2)C1. The molecule has 1 atom stereocenters. The van der Waals surface area contributed by atoms with Gasteiger partial charge in [-0.15, -0.1) is 10.2 Å². The predicted octanol–water partition coefficient (Wildman–Crippen LogP) is 0.860. The zero-order valence-corrected chi connectivity index (χ0v) is 14.7. The van der Waals surface area contributed by atoms with Gasteiger partial charge in [-0.05, 0) is 38.8 Å². The van der Waals surface area contributed by atoms with Gasteiger partial charge >= 0.3 is 0 Å². The van der Waals surface area contributed by atoms with Crippen LogP contribution in [-0.2, 0) is 19.5 Å². The summed E-state index contributed by atoms with van der Waals surface area (Å²) in [6, 6.07) is 0.696. The predicted molar refractivity (Wildman–Crippen MR) is 93.9 cm³/mol. The third-order valence-corrected chi connectivity index (χ3v) is 5.67. The normalized spacial score (nSPS) is 25.3. The van der Waals surface area contributed by atoms with Crippen molar-refractivity contribution in [2.45, 2.75) is 57.7 Å². The van der Waals surface area contributed by atoms with Gasteiger partial charge in [-0.25, -0.2) is 0 Å². The van der Waals surface area contributed by atoms with E-state index in [-0.39, 0.29) is 0 Å². The van der Waals surface area contributed by atoms with Crippen LogP contribution in [0, 0.1) is 0 Å². The van der Waals surface area contributed by atoms with E-state index in [4.69, 9.17) is 0 Å². The molecule has 3 aliphatic heterocycles. The van der Waals surface area contributed by atoms with Crippen molar-refractivity contribution < 1.29 is 0 Å². The standard InChI is InChI=1S/C17H29N7/c1-18-17(19-12-16-21-20-15-6-5-10-24(15)16)23-11-7-14(13-23)22-8-3-2-4-9-22/h14H,2-13H2,1H3,(H,18,19). The van der Waals surface area contributed by atoms with Crippen molar-refractivity contribution in [2.75, 3.05) is 33.2 Å². The Balaban J connectivity index is 1.32. The van der Waals surface area contributed by atoms with E-state index in [1.54, 1.807) is 0 Å². The van der Waals surface area contributed by atoms with E-state index in [1.165, 1.54) is 45.2 Å². The largest absolute Gasteiger partial charge is 0.349 e. The molecular weight excluding hydrogens is 302 g/mol. The number of hydrogen-bond acceptors (Lipinski definition) is 4. The molecule has 1 aromatic rings. The number of aliphatic imine (C=N–C) groups is 1. The van der Waals surface area contributed by atoms with Gasteiger partial charge in [0.05, 0.1) is 6.54 Å². The Labute approximate surface area is 144 Å². The van der Waals surface area contributed by atoms with E-state index in [9.17, 15) is 0 Å². The lowest BCUT2D eigenvalue weighted by atomic mass is 10.1. The van der Waals surface area contributed by atoms with Crippen LogP contribution in [0.5, 0.6) is 0 Å². The lowest BCUT2D eigenvalue weighted by Gasteiger charge is -2.32. The molecule has 7 nitrogen and oxygen atoms in total. The quantitative estimate of drug-likeness (QED) is 0.657. The number of rotatable bonds is 3. The highest BCUT2D eigenvalue weighted by molar-refractivity contribution is 5.80. The zero-order valence-electron chi connectivity index (χ0n) is 14.7. The molecule has 0 aromatic carbocycles. The van der Waals surface area contributed by atoms with E-state index >= 15 is 0 Å². The Kier molecular flexibility index (Phi) is 4.69. The molecule has 2 saturated heterocycles. The zero-order chi connectivity index (χ0) is 16.4. The first-order chi connectivity index (χ1) is 11.8. The van der Waals surface area contributed by atoms with Gasteiger partial charge in [0.2, 0.25) is 0 Å². The number of piperidine rings is 1. The number of likely N-dealkylation sites (tertiary alicyclic amines) is 2. The lowest BCUT2D eigenvalue weighted by molar-refractivity contribution is 0.168. The highest BCUT2D eigenvalue weighted by Gasteiger charge is 2.30. The molecule has 0 spiro atoms. The molecule has 0 amide bonds. The molecule has 0 saturated carbocycles. The molecule has 24 heavy (non-hydrogen) atoms. The molecule has 1 N–H and O–H groups in total. The molecular formula is C17H29N7. The average Bonchev–Trinajstić information content (AvgIpc) is 3.34. The van der Waals surface area contributed by atoms with Crippen LogP contribution in [0.1, 0.15) is 43.8 Å². The van der Waals surface area contributed by atoms with Crippen LogP contribution in [-0.4, -0.2) is 69.8 Å². The van der Waals surface area contributed by atoms with Crippen LogP contribution >= 0.6 is 0 Å². The molecule has 7 heteroatoms. The highest BCUT2D eigenvalue weighted by Crippen LogP contribution is 2.20. The first-order valence-corrected chi connectivity index (χ1v) is 9.46. The summed E-state index contributed by atoms with van der Waals surface area (Å²) in [5.41, 5.74) is 0. The number of aryl methyl sites for hydroxylation is 1. The maximum atomic E-state index is 4.50. The van der Waals surface area contributed by atoms with Crippen molar-refractivity contribution >= 4 is 5.96 Å². The second-order valence-corrected chi connectivity index (χ2v) is 7.17. The minimum Gasteiger partial charge on any atom is -0.349 e. The molecule has 1 unspecified atom stereocenters. The van der Waals surface area contributed by atoms with E-state index in [1.807, 2.05) is 7.05 Å². The molecule has 0 radical (unpaired) electrons. The van der Waals surface area contributed by atoms with E-state index in [2.05, 4.69) is 34.9 Å². The third-order valence-electron chi connectivity index (χ3n) is 5.67. The Morgan fingerprint density at radius 3 is 2.83 bits per heavy atom. The van der Waals surface area contributed by atoms with Crippen LogP contribution in [0.3, 0.4) is 0 Å². The summed E-state index contributed by atoms with van der Waals surface area (Å²) in [7, 11) is 1.88. The van der Waals surface area contributed by atoms with E-state index in [0.717, 1.165) is 43.7 Å². The van der Waals surface area contributed by atoms with Crippen molar-refractivity contribution in [1.82, 2.24) is 29.9 Å². The Morgan fingerprint density at radius 2 is 2.00 bits per heavy atom. The van der Waals surface area contributed by atoms with Gasteiger partial charge in [0, 0.05) is 39.1 Å². The number of hydrogen-bond donors (Lipinski definition) is 1. The molecule has 0 bridgehead atoms. The van der Waals surface area contributed by atoms with Crippen molar-refractivity contribution in [2.24, 2.45) is 4.99 Å². The van der Waals surface area contributed by atoms with E-state index < -0.39 is 0 Å². The van der Waals surface area contributed by atoms with Crippen molar-refractivity contribution in [3.8, 4) is 0 Å². The minimum absolute atomic E-state index is 0.696. The Bertz CT molecular complexity index is 588. The monoisotopic (exact) mass is 331 g/mol. The maximum absolute atomic E-state index is 4.50. The topological polar surface area (TPSA) is 61.6 Å². The van der Waals surface area contributed by atoms with Gasteiger partial charge in [0.1, 0.15) is 5.82 Å². The number of aromatic nitrogens is 3. The Hall–Kier alpha value is -1.63. The summed E-state index contributed by atoms with van der Waals surface area (Å²) in [6.45, 7) is 6.51. The third kappa shape index (κ3) is 3.14. The number of guanidine groups is 1. The minimum atomic E-state index is 0.696. The second kappa shape index (κ2) is 7.09. The second-order valence-electron chi connectivity index (χ2n) is 7.17. The number of nitrogens with zero attached hydrogens (tertiary/aromatic N) is 6. The molecule has 132 valence electrons. The molecule has 4 heterocycles. The summed E-state index contributed by atoms with van der Waals surface area (Å²) in [6.07, 6.45) is 7.63. The molecule has 3 aliphatic rings. The fourth-order valence-electron chi connectivity index (χ4n) is 4.35. The maximum Gasteiger partial charge on any atom is 0.194 e. The van der Waals surface area contributed by atoms with Crippen LogP contribution in [0.4, 0.5) is 0 Å². The van der Waals surface area contributed by atoms with Crippen LogP contribution in [0.15, 0.2) is 4.99 Å². The van der Waals surface area contributed by atoms with Gasteiger partial charge in [0.15, 0.2) is 11.8 Å². The molecule has 0 aliphatic carbocycles. The summed E-state index contributed by atoms with van der Waals surface area (Å²) in [4.78, 5) is 9.58. The fraction of sp³-hybridized carbons (Fsp3) is 0.824. The number of fused-ring (bicyclic) bond motifs is 1. The van der Waals surface area contributed by atoms with Crippen molar-refractivity contribution in [1.29, 1.82) is 0 Å². The summed E-state index contributed by atoms with van der Waals surface area (Å²) >= 11 is 0. The molecule has 2 fully saturated rings. The number of nitrogens with one attached hydrogen (secondary N) is 1. The van der Waals surface area contributed by atoms with E-state index in [0.29, 0.717) is 12.6 Å². The first kappa shape index (κ1) is 15.9. The van der Waals surface area contributed by atoms with Crippen LogP contribution < -0.4 is 5.32 Å². The Morgan fingerprint density at radius 1 is 1.12 bits per heavy atom. The van der Waals surface area contributed by atoms with Gasteiger partial charge in [0.25, 0.3) is 0 Å². The summed E-state index contributed by atoms with van der Waals surface area (Å²) in [5, 5.41) is 12.1. The smallest absolute Gasteiger partial charge is 0.194 e. The van der Waals surface area contributed by atoms with Gasteiger partial charge in [-0.2, -0.15) is 0 Å². The van der Waals surface area contributed by atoms with Crippen molar-refractivity contribution in [3.05, 3.63) is 11.6 Å². The molecule has 1 aromatic heterocycles. The lowest BCUT2D eigenvalue weighted by Crippen LogP contribution is -2.44. The van der Waals surface area contributed by atoms with Gasteiger partial charge < -0.3 is 14.8 Å².